The monoisotopic (exact) mass is 299 g/mol. The lowest BCUT2D eigenvalue weighted by Crippen LogP contribution is -2.32. The molecule has 5 heteroatoms. The predicted octanol–water partition coefficient (Wildman–Crippen LogP) is 2.69. The van der Waals surface area contributed by atoms with Crippen LogP contribution in [0, 0.1) is 0 Å². The SMILES string of the molecule is CC[C@H](N)c1ccccc1OCCS(=O)(=O)C(C)(C)C. The first-order valence-electron chi connectivity index (χ1n) is 6.88. The van der Waals surface area contributed by atoms with Crippen molar-refractivity contribution in [2.75, 3.05) is 12.4 Å². The Morgan fingerprint density at radius 1 is 1.25 bits per heavy atom. The first kappa shape index (κ1) is 17.0. The maximum absolute atomic E-state index is 12.0. The predicted molar refractivity (Wildman–Crippen MR) is 82.7 cm³/mol. The zero-order valence-corrected chi connectivity index (χ0v) is 13.5. The molecule has 0 saturated heterocycles. The summed E-state index contributed by atoms with van der Waals surface area (Å²) in [6, 6.07) is 7.42. The molecule has 1 atom stereocenters. The summed E-state index contributed by atoms with van der Waals surface area (Å²) >= 11 is 0. The fourth-order valence-corrected chi connectivity index (χ4v) is 2.62. The van der Waals surface area contributed by atoms with Crippen LogP contribution in [-0.4, -0.2) is 25.5 Å². The molecule has 1 rings (SSSR count). The van der Waals surface area contributed by atoms with Gasteiger partial charge in [0.05, 0.1) is 10.5 Å². The first-order valence-corrected chi connectivity index (χ1v) is 8.54. The van der Waals surface area contributed by atoms with Crippen molar-refractivity contribution in [1.82, 2.24) is 0 Å². The van der Waals surface area contributed by atoms with Crippen molar-refractivity contribution in [3.63, 3.8) is 0 Å². The van der Waals surface area contributed by atoms with Gasteiger partial charge in [-0.1, -0.05) is 25.1 Å². The van der Waals surface area contributed by atoms with Crippen LogP contribution in [-0.2, 0) is 9.84 Å². The number of hydrogen-bond acceptors (Lipinski definition) is 4. The van der Waals surface area contributed by atoms with Crippen molar-refractivity contribution >= 4 is 9.84 Å². The van der Waals surface area contributed by atoms with Gasteiger partial charge in [-0.15, -0.1) is 0 Å². The van der Waals surface area contributed by atoms with Crippen LogP contribution in [0.3, 0.4) is 0 Å². The molecule has 0 amide bonds. The summed E-state index contributed by atoms with van der Waals surface area (Å²) in [5.74, 6) is 0.678. The Hall–Kier alpha value is -1.07. The molecule has 1 aromatic carbocycles. The average Bonchev–Trinajstić information content (AvgIpc) is 2.37. The molecule has 0 aliphatic rings. The van der Waals surface area contributed by atoms with Crippen molar-refractivity contribution in [3.05, 3.63) is 29.8 Å². The van der Waals surface area contributed by atoms with E-state index in [9.17, 15) is 8.42 Å². The van der Waals surface area contributed by atoms with E-state index >= 15 is 0 Å². The summed E-state index contributed by atoms with van der Waals surface area (Å²) in [5, 5.41) is 0. The largest absolute Gasteiger partial charge is 0.492 e. The van der Waals surface area contributed by atoms with Gasteiger partial charge in [0.25, 0.3) is 0 Å². The Morgan fingerprint density at radius 3 is 2.40 bits per heavy atom. The van der Waals surface area contributed by atoms with E-state index in [2.05, 4.69) is 0 Å². The third-order valence-corrected chi connectivity index (χ3v) is 5.87. The number of hydrogen-bond donors (Lipinski definition) is 1. The van der Waals surface area contributed by atoms with E-state index in [0.717, 1.165) is 12.0 Å². The first-order chi connectivity index (χ1) is 9.19. The second-order valence-corrected chi connectivity index (χ2v) is 8.69. The van der Waals surface area contributed by atoms with Crippen LogP contribution in [0.2, 0.25) is 0 Å². The van der Waals surface area contributed by atoms with Gasteiger partial charge in [0.1, 0.15) is 12.4 Å². The number of ether oxygens (including phenoxy) is 1. The summed E-state index contributed by atoms with van der Waals surface area (Å²) in [4.78, 5) is 0. The van der Waals surface area contributed by atoms with Gasteiger partial charge in [0, 0.05) is 11.6 Å². The van der Waals surface area contributed by atoms with Gasteiger partial charge in [0.2, 0.25) is 0 Å². The molecule has 0 aromatic heterocycles. The Morgan fingerprint density at radius 2 is 1.85 bits per heavy atom. The molecule has 0 aliphatic heterocycles. The molecule has 0 bridgehead atoms. The van der Waals surface area contributed by atoms with Crippen molar-refractivity contribution in [3.8, 4) is 5.75 Å². The lowest BCUT2D eigenvalue weighted by atomic mass is 10.0. The molecule has 0 saturated carbocycles. The van der Waals surface area contributed by atoms with Gasteiger partial charge >= 0.3 is 0 Å². The van der Waals surface area contributed by atoms with Crippen LogP contribution in [0.25, 0.3) is 0 Å². The van der Waals surface area contributed by atoms with Crippen LogP contribution < -0.4 is 10.5 Å². The minimum Gasteiger partial charge on any atom is -0.492 e. The second kappa shape index (κ2) is 6.59. The van der Waals surface area contributed by atoms with E-state index in [1.165, 1.54) is 0 Å². The molecule has 0 spiro atoms. The van der Waals surface area contributed by atoms with Crippen LogP contribution in [0.5, 0.6) is 5.75 Å². The normalized spacial score (nSPS) is 14.1. The van der Waals surface area contributed by atoms with E-state index in [-0.39, 0.29) is 18.4 Å². The molecular weight excluding hydrogens is 274 g/mol. The fourth-order valence-electron chi connectivity index (χ4n) is 1.71. The molecule has 1 aromatic rings. The van der Waals surface area contributed by atoms with Crippen molar-refractivity contribution < 1.29 is 13.2 Å². The lowest BCUT2D eigenvalue weighted by molar-refractivity contribution is 0.333. The van der Waals surface area contributed by atoms with Gasteiger partial charge in [-0.25, -0.2) is 8.42 Å². The Kier molecular flexibility index (Phi) is 5.59. The van der Waals surface area contributed by atoms with Crippen LogP contribution in [0.4, 0.5) is 0 Å². The maximum atomic E-state index is 12.0. The molecule has 4 nitrogen and oxygen atoms in total. The third-order valence-electron chi connectivity index (χ3n) is 3.30. The molecule has 0 unspecified atom stereocenters. The van der Waals surface area contributed by atoms with Gasteiger partial charge < -0.3 is 10.5 Å². The molecule has 114 valence electrons. The van der Waals surface area contributed by atoms with Gasteiger partial charge in [-0.3, -0.25) is 0 Å². The van der Waals surface area contributed by atoms with Crippen molar-refractivity contribution in [2.24, 2.45) is 5.73 Å². The summed E-state index contributed by atoms with van der Waals surface area (Å²) < 4.78 is 28.9. The van der Waals surface area contributed by atoms with Crippen LogP contribution in [0.1, 0.15) is 45.7 Å². The van der Waals surface area contributed by atoms with Crippen molar-refractivity contribution in [1.29, 1.82) is 0 Å². The van der Waals surface area contributed by atoms with Crippen molar-refractivity contribution in [2.45, 2.75) is 44.9 Å². The van der Waals surface area contributed by atoms with E-state index < -0.39 is 14.6 Å². The average molecular weight is 299 g/mol. The highest BCUT2D eigenvalue weighted by Crippen LogP contribution is 2.25. The minimum absolute atomic E-state index is 0.00615. The molecule has 0 aliphatic carbocycles. The molecule has 20 heavy (non-hydrogen) atoms. The maximum Gasteiger partial charge on any atom is 0.158 e. The second-order valence-electron chi connectivity index (χ2n) is 5.83. The molecular formula is C15H25NO3S. The number of sulfone groups is 1. The zero-order valence-electron chi connectivity index (χ0n) is 12.7. The van der Waals surface area contributed by atoms with Gasteiger partial charge in [-0.05, 0) is 33.3 Å². The summed E-state index contributed by atoms with van der Waals surface area (Å²) in [5.41, 5.74) is 6.94. The van der Waals surface area contributed by atoms with E-state index in [4.69, 9.17) is 10.5 Å². The molecule has 2 N–H and O–H groups in total. The standard InChI is InChI=1S/C15H25NO3S/c1-5-13(16)12-8-6-7-9-14(12)19-10-11-20(17,18)15(2,3)4/h6-9,13H,5,10-11,16H2,1-4H3/t13-/m0/s1. The highest BCUT2D eigenvalue weighted by molar-refractivity contribution is 7.92. The number of para-hydroxylation sites is 1. The van der Waals surface area contributed by atoms with Crippen LogP contribution >= 0.6 is 0 Å². The Labute approximate surface area is 122 Å². The Bertz CT molecular complexity index is 532. The molecule has 0 radical (unpaired) electrons. The highest BCUT2D eigenvalue weighted by atomic mass is 32.2. The number of benzene rings is 1. The lowest BCUT2D eigenvalue weighted by Gasteiger charge is -2.20. The van der Waals surface area contributed by atoms with Crippen LogP contribution in [0.15, 0.2) is 24.3 Å². The van der Waals surface area contributed by atoms with Gasteiger partial charge in [0.15, 0.2) is 9.84 Å². The smallest absolute Gasteiger partial charge is 0.158 e. The summed E-state index contributed by atoms with van der Waals surface area (Å²) in [6.45, 7) is 7.24. The molecule has 0 heterocycles. The van der Waals surface area contributed by atoms with E-state index in [1.807, 2.05) is 31.2 Å². The molecule has 0 fully saturated rings. The minimum atomic E-state index is -3.16. The third kappa shape index (κ3) is 4.21. The summed E-state index contributed by atoms with van der Waals surface area (Å²) in [6.07, 6.45) is 0.806. The topological polar surface area (TPSA) is 69.4 Å². The zero-order chi connectivity index (χ0) is 15.4. The van der Waals surface area contributed by atoms with E-state index in [0.29, 0.717) is 5.75 Å². The van der Waals surface area contributed by atoms with E-state index in [1.54, 1.807) is 20.8 Å². The quantitative estimate of drug-likeness (QED) is 0.877. The summed E-state index contributed by atoms with van der Waals surface area (Å²) in [7, 11) is -3.16. The van der Waals surface area contributed by atoms with Gasteiger partial charge in [-0.2, -0.15) is 0 Å². The highest BCUT2D eigenvalue weighted by Gasteiger charge is 2.28. The number of nitrogens with two attached hydrogens (primary N) is 1. The fraction of sp³-hybridized carbons (Fsp3) is 0.600. The Balaban J connectivity index is 2.73. The number of rotatable bonds is 6.